The van der Waals surface area contributed by atoms with Gasteiger partial charge in [0.2, 0.25) is 0 Å². The Bertz CT molecular complexity index is 465. The summed E-state index contributed by atoms with van der Waals surface area (Å²) in [5, 5.41) is 10.9. The molecule has 0 spiro atoms. The Morgan fingerprint density at radius 1 is 1.29 bits per heavy atom. The van der Waals surface area contributed by atoms with E-state index in [0.717, 1.165) is 0 Å². The highest BCUT2D eigenvalue weighted by atomic mass is 35.5. The van der Waals surface area contributed by atoms with Crippen molar-refractivity contribution in [2.75, 3.05) is 6.54 Å². The van der Waals surface area contributed by atoms with Gasteiger partial charge in [-0.3, -0.25) is 9.59 Å². The van der Waals surface area contributed by atoms with Gasteiger partial charge in [0.05, 0.1) is 21.5 Å². The largest absolute Gasteiger partial charge is 0.481 e. The predicted octanol–water partition coefficient (Wildman–Crippen LogP) is 2.25. The van der Waals surface area contributed by atoms with Crippen molar-refractivity contribution in [3.8, 4) is 0 Å². The molecule has 5 nitrogen and oxygen atoms in total. The first-order chi connectivity index (χ1) is 7.93. The van der Waals surface area contributed by atoms with Crippen LogP contribution in [-0.4, -0.2) is 28.5 Å². The molecule has 1 aromatic rings. The van der Waals surface area contributed by atoms with Gasteiger partial charge in [0.15, 0.2) is 0 Å². The molecule has 0 aliphatic rings. The fraction of sp³-hybridized carbons (Fsp3) is 0.222. The molecule has 0 saturated heterocycles. The number of carbonyl (C=O) groups excluding carboxylic acids is 1. The molecule has 2 N–H and O–H groups in total. The molecule has 0 unspecified atom stereocenters. The molecule has 17 heavy (non-hydrogen) atoms. The van der Waals surface area contributed by atoms with E-state index in [0.29, 0.717) is 0 Å². The number of halogens is 3. The fourth-order valence-electron chi connectivity index (χ4n) is 0.968. The van der Waals surface area contributed by atoms with Gasteiger partial charge >= 0.3 is 5.97 Å². The monoisotopic (exact) mass is 296 g/mol. The number of carboxylic acids is 1. The number of carboxylic acid groups (broad SMARTS) is 1. The van der Waals surface area contributed by atoms with E-state index in [1.54, 1.807) is 0 Å². The third-order valence-corrected chi connectivity index (χ3v) is 3.00. The Kier molecular flexibility index (Phi) is 4.99. The lowest BCUT2D eigenvalue weighted by molar-refractivity contribution is -0.136. The third-order valence-electron chi connectivity index (χ3n) is 1.76. The second-order valence-corrected chi connectivity index (χ2v) is 4.15. The van der Waals surface area contributed by atoms with Crippen LogP contribution in [0.15, 0.2) is 6.20 Å². The number of amides is 1. The van der Waals surface area contributed by atoms with Crippen molar-refractivity contribution < 1.29 is 14.7 Å². The number of hydrogen-bond donors (Lipinski definition) is 2. The van der Waals surface area contributed by atoms with Crippen LogP contribution >= 0.6 is 34.8 Å². The molecule has 8 heteroatoms. The van der Waals surface area contributed by atoms with Crippen LogP contribution in [0.1, 0.15) is 16.9 Å². The maximum absolute atomic E-state index is 11.6. The molecule has 92 valence electrons. The summed E-state index contributed by atoms with van der Waals surface area (Å²) in [6.07, 6.45) is 1.01. The molecule has 0 fully saturated rings. The molecule has 0 aromatic carbocycles. The second-order valence-electron chi connectivity index (χ2n) is 2.98. The minimum Gasteiger partial charge on any atom is -0.481 e. The highest BCUT2D eigenvalue weighted by Gasteiger charge is 2.16. The van der Waals surface area contributed by atoms with Crippen molar-refractivity contribution in [1.29, 1.82) is 0 Å². The molecule has 0 bridgehead atoms. The average Bonchev–Trinajstić information content (AvgIpc) is 2.25. The summed E-state index contributed by atoms with van der Waals surface area (Å²) in [6, 6.07) is 0. The fourth-order valence-corrected chi connectivity index (χ4v) is 1.53. The lowest BCUT2D eigenvalue weighted by Gasteiger charge is -2.06. The Labute approximate surface area is 112 Å². The summed E-state index contributed by atoms with van der Waals surface area (Å²) in [5.41, 5.74) is -0.0912. The number of nitrogens with one attached hydrogen (secondary N) is 1. The zero-order chi connectivity index (χ0) is 13.0. The van der Waals surface area contributed by atoms with Gasteiger partial charge in [-0.05, 0) is 0 Å². The highest BCUT2D eigenvalue weighted by molar-refractivity contribution is 6.48. The third kappa shape index (κ3) is 3.73. The number of hydrogen-bond acceptors (Lipinski definition) is 3. The summed E-state index contributed by atoms with van der Waals surface area (Å²) < 4.78 is 0. The first-order valence-electron chi connectivity index (χ1n) is 4.43. The predicted molar refractivity (Wildman–Crippen MR) is 63.9 cm³/mol. The summed E-state index contributed by atoms with van der Waals surface area (Å²) in [7, 11) is 0. The number of nitrogens with zero attached hydrogens (tertiary/aromatic N) is 1. The van der Waals surface area contributed by atoms with Gasteiger partial charge in [0, 0.05) is 12.7 Å². The van der Waals surface area contributed by atoms with Crippen LogP contribution in [0.25, 0.3) is 0 Å². The van der Waals surface area contributed by atoms with Gasteiger partial charge in [0.25, 0.3) is 5.91 Å². The van der Waals surface area contributed by atoms with E-state index in [9.17, 15) is 9.59 Å². The molecule has 0 aliphatic carbocycles. The van der Waals surface area contributed by atoms with Crippen LogP contribution < -0.4 is 5.32 Å². The summed E-state index contributed by atoms with van der Waals surface area (Å²) in [5.74, 6) is -1.62. The van der Waals surface area contributed by atoms with E-state index in [1.807, 2.05) is 0 Å². The van der Waals surface area contributed by atoms with Crippen molar-refractivity contribution in [3.05, 3.63) is 27.0 Å². The molecule has 1 heterocycles. The minimum absolute atomic E-state index is 0.0214. The van der Waals surface area contributed by atoms with Gasteiger partial charge in [0.1, 0.15) is 5.69 Å². The van der Waals surface area contributed by atoms with E-state index in [4.69, 9.17) is 39.9 Å². The van der Waals surface area contributed by atoms with E-state index in [2.05, 4.69) is 10.3 Å². The van der Waals surface area contributed by atoms with Crippen molar-refractivity contribution in [2.24, 2.45) is 0 Å². The van der Waals surface area contributed by atoms with Crippen LogP contribution in [0, 0.1) is 0 Å². The Morgan fingerprint density at radius 2 is 1.94 bits per heavy atom. The normalized spacial score (nSPS) is 10.1. The maximum atomic E-state index is 11.6. The summed E-state index contributed by atoms with van der Waals surface area (Å²) in [6.45, 7) is -0.0214. The van der Waals surface area contributed by atoms with Crippen molar-refractivity contribution >= 4 is 46.7 Å². The SMILES string of the molecule is O=C(O)CCNC(=O)c1ncc(Cl)c(Cl)c1Cl. The molecule has 0 radical (unpaired) electrons. The lowest BCUT2D eigenvalue weighted by atomic mass is 10.3. The number of pyridine rings is 1. The molecule has 1 aromatic heterocycles. The molecule has 0 saturated carbocycles. The standard InChI is InChI=1S/C9H7Cl3N2O3/c10-4-3-14-8(7(12)6(4)11)9(17)13-2-1-5(15)16/h3H,1-2H2,(H,13,17)(H,15,16). The van der Waals surface area contributed by atoms with Crippen molar-refractivity contribution in [3.63, 3.8) is 0 Å². The molecule has 0 atom stereocenters. The number of aliphatic carboxylic acids is 1. The Hall–Kier alpha value is -1.04. The van der Waals surface area contributed by atoms with Gasteiger partial charge < -0.3 is 10.4 Å². The topological polar surface area (TPSA) is 79.3 Å². The Balaban J connectivity index is 2.76. The van der Waals surface area contributed by atoms with Crippen molar-refractivity contribution in [2.45, 2.75) is 6.42 Å². The average molecular weight is 298 g/mol. The number of rotatable bonds is 4. The molecule has 1 amide bonds. The highest BCUT2D eigenvalue weighted by Crippen LogP contribution is 2.30. The molecular formula is C9H7Cl3N2O3. The Morgan fingerprint density at radius 3 is 2.53 bits per heavy atom. The van der Waals surface area contributed by atoms with Gasteiger partial charge in [-0.25, -0.2) is 4.98 Å². The van der Waals surface area contributed by atoms with E-state index < -0.39 is 11.9 Å². The van der Waals surface area contributed by atoms with Gasteiger partial charge in [-0.2, -0.15) is 0 Å². The van der Waals surface area contributed by atoms with Crippen LogP contribution in [0.3, 0.4) is 0 Å². The zero-order valence-corrected chi connectivity index (χ0v) is 10.6. The van der Waals surface area contributed by atoms with Crippen LogP contribution in [0.5, 0.6) is 0 Å². The van der Waals surface area contributed by atoms with E-state index in [1.165, 1.54) is 6.20 Å². The lowest BCUT2D eigenvalue weighted by Crippen LogP contribution is -2.27. The number of aromatic nitrogens is 1. The maximum Gasteiger partial charge on any atom is 0.305 e. The molecular weight excluding hydrogens is 290 g/mol. The zero-order valence-electron chi connectivity index (χ0n) is 8.34. The number of carbonyl (C=O) groups is 2. The summed E-state index contributed by atoms with van der Waals surface area (Å²) >= 11 is 17.2. The van der Waals surface area contributed by atoms with E-state index in [-0.39, 0.29) is 33.7 Å². The minimum atomic E-state index is -1.02. The van der Waals surface area contributed by atoms with E-state index >= 15 is 0 Å². The van der Waals surface area contributed by atoms with Gasteiger partial charge in [-0.15, -0.1) is 0 Å². The first-order valence-corrected chi connectivity index (χ1v) is 5.56. The van der Waals surface area contributed by atoms with Crippen LogP contribution in [0.2, 0.25) is 15.1 Å². The smallest absolute Gasteiger partial charge is 0.305 e. The van der Waals surface area contributed by atoms with Crippen LogP contribution in [0.4, 0.5) is 0 Å². The van der Waals surface area contributed by atoms with Crippen LogP contribution in [-0.2, 0) is 4.79 Å². The molecule has 1 rings (SSSR count). The quantitative estimate of drug-likeness (QED) is 0.893. The van der Waals surface area contributed by atoms with Crippen molar-refractivity contribution in [1.82, 2.24) is 10.3 Å². The first kappa shape index (κ1) is 14.0. The van der Waals surface area contributed by atoms with Gasteiger partial charge in [-0.1, -0.05) is 34.8 Å². The summed E-state index contributed by atoms with van der Waals surface area (Å²) in [4.78, 5) is 25.5. The second kappa shape index (κ2) is 6.05. The molecule has 0 aliphatic heterocycles.